The number of hydrogen-bond donors (Lipinski definition) is 1. The van der Waals surface area contributed by atoms with Gasteiger partial charge in [-0.25, -0.2) is 0 Å². The molecule has 2 rings (SSSR count). The Kier molecular flexibility index (Phi) is 4.49. The van der Waals surface area contributed by atoms with Gasteiger partial charge in [-0.2, -0.15) is 0 Å². The second-order valence-electron chi connectivity index (χ2n) is 5.48. The minimum Gasteiger partial charge on any atom is -0.347 e. The second kappa shape index (κ2) is 5.74. The maximum atomic E-state index is 12.2. The lowest BCUT2D eigenvalue weighted by atomic mass is 9.96. The average Bonchev–Trinajstić information content (AvgIpc) is 2.97. The lowest BCUT2D eigenvalue weighted by Gasteiger charge is -2.27. The number of carbonyl (C=O) groups excluding carboxylic acids is 1. The number of rotatable bonds is 4. The standard InChI is InChI=1S/C14H20BrNOS/c1-14(2,15)13(17)16-12(10-6-3-4-7-10)11-8-5-9-18-11/h5,8-10,12H,3-4,6-7H2,1-2H3,(H,16,17). The van der Waals surface area contributed by atoms with E-state index in [-0.39, 0.29) is 11.9 Å². The third-order valence-electron chi connectivity index (χ3n) is 3.55. The lowest BCUT2D eigenvalue weighted by molar-refractivity contribution is -0.123. The van der Waals surface area contributed by atoms with E-state index in [1.165, 1.54) is 30.6 Å². The quantitative estimate of drug-likeness (QED) is 0.821. The number of nitrogens with one attached hydrogen (secondary N) is 1. The molecule has 1 amide bonds. The molecule has 1 saturated carbocycles. The minimum atomic E-state index is -0.499. The second-order valence-corrected chi connectivity index (χ2v) is 8.45. The van der Waals surface area contributed by atoms with E-state index in [4.69, 9.17) is 0 Å². The van der Waals surface area contributed by atoms with Gasteiger partial charge in [-0.3, -0.25) is 4.79 Å². The van der Waals surface area contributed by atoms with Gasteiger partial charge in [-0.05, 0) is 44.1 Å². The smallest absolute Gasteiger partial charge is 0.236 e. The molecule has 1 unspecified atom stereocenters. The summed E-state index contributed by atoms with van der Waals surface area (Å²) in [5.41, 5.74) is 0. The van der Waals surface area contributed by atoms with Gasteiger partial charge in [0.1, 0.15) is 0 Å². The normalized spacial score (nSPS) is 18.8. The van der Waals surface area contributed by atoms with Crippen LogP contribution in [-0.2, 0) is 4.79 Å². The minimum absolute atomic E-state index is 0.0767. The average molecular weight is 330 g/mol. The van der Waals surface area contributed by atoms with Crippen molar-refractivity contribution < 1.29 is 4.79 Å². The highest BCUT2D eigenvalue weighted by Crippen LogP contribution is 2.37. The van der Waals surface area contributed by atoms with Gasteiger partial charge >= 0.3 is 0 Å². The molecule has 0 aliphatic heterocycles. The van der Waals surface area contributed by atoms with Gasteiger partial charge in [0.25, 0.3) is 0 Å². The van der Waals surface area contributed by atoms with Crippen LogP contribution in [0.5, 0.6) is 0 Å². The van der Waals surface area contributed by atoms with Gasteiger partial charge in [0, 0.05) is 4.88 Å². The maximum Gasteiger partial charge on any atom is 0.236 e. The molecule has 0 saturated heterocycles. The lowest BCUT2D eigenvalue weighted by Crippen LogP contribution is -2.41. The first kappa shape index (κ1) is 14.1. The zero-order valence-electron chi connectivity index (χ0n) is 10.9. The molecule has 2 nitrogen and oxygen atoms in total. The van der Waals surface area contributed by atoms with Crippen LogP contribution in [0.3, 0.4) is 0 Å². The first-order valence-corrected chi connectivity index (χ1v) is 8.19. The van der Waals surface area contributed by atoms with E-state index in [1.54, 1.807) is 11.3 Å². The van der Waals surface area contributed by atoms with E-state index in [9.17, 15) is 4.79 Å². The fourth-order valence-electron chi connectivity index (χ4n) is 2.49. The van der Waals surface area contributed by atoms with Crippen LogP contribution in [0.4, 0.5) is 0 Å². The van der Waals surface area contributed by atoms with Crippen molar-refractivity contribution in [1.29, 1.82) is 0 Å². The summed E-state index contributed by atoms with van der Waals surface area (Å²) in [5, 5.41) is 5.31. The van der Waals surface area contributed by atoms with Crippen molar-refractivity contribution in [1.82, 2.24) is 5.32 Å². The Balaban J connectivity index is 2.13. The summed E-state index contributed by atoms with van der Waals surface area (Å²) in [6.07, 6.45) is 5.04. The molecule has 0 radical (unpaired) electrons. The number of halogens is 1. The van der Waals surface area contributed by atoms with Crippen molar-refractivity contribution in [3.05, 3.63) is 22.4 Å². The summed E-state index contributed by atoms with van der Waals surface area (Å²) >= 11 is 5.18. The Morgan fingerprint density at radius 1 is 1.50 bits per heavy atom. The Hall–Kier alpha value is -0.350. The summed E-state index contributed by atoms with van der Waals surface area (Å²) in [4.78, 5) is 13.5. The number of hydrogen-bond acceptors (Lipinski definition) is 2. The fourth-order valence-corrected chi connectivity index (χ4v) is 3.48. The molecule has 1 aliphatic rings. The molecule has 18 heavy (non-hydrogen) atoms. The molecule has 1 atom stereocenters. The summed E-state index contributed by atoms with van der Waals surface area (Å²) in [5.74, 6) is 0.676. The van der Waals surface area contributed by atoms with Crippen LogP contribution < -0.4 is 5.32 Å². The Morgan fingerprint density at radius 3 is 2.67 bits per heavy atom. The topological polar surface area (TPSA) is 29.1 Å². The van der Waals surface area contributed by atoms with Gasteiger partial charge in [0.15, 0.2) is 0 Å². The third-order valence-corrected chi connectivity index (χ3v) is 4.86. The van der Waals surface area contributed by atoms with Crippen molar-refractivity contribution in [3.8, 4) is 0 Å². The number of alkyl halides is 1. The zero-order chi connectivity index (χ0) is 13.2. The highest BCUT2D eigenvalue weighted by molar-refractivity contribution is 9.10. The molecular formula is C14H20BrNOS. The molecule has 1 aliphatic carbocycles. The van der Waals surface area contributed by atoms with E-state index in [2.05, 4.69) is 38.8 Å². The highest BCUT2D eigenvalue weighted by Gasteiger charge is 2.32. The van der Waals surface area contributed by atoms with E-state index in [1.807, 2.05) is 13.8 Å². The van der Waals surface area contributed by atoms with Crippen LogP contribution in [0.15, 0.2) is 17.5 Å². The Morgan fingerprint density at radius 2 is 2.17 bits per heavy atom. The van der Waals surface area contributed by atoms with Gasteiger partial charge in [0.05, 0.1) is 10.4 Å². The Bertz CT molecular complexity index is 390. The predicted molar refractivity (Wildman–Crippen MR) is 80.2 cm³/mol. The molecule has 100 valence electrons. The zero-order valence-corrected chi connectivity index (χ0v) is 13.3. The van der Waals surface area contributed by atoms with Crippen molar-refractivity contribution in [2.75, 3.05) is 0 Å². The van der Waals surface area contributed by atoms with Crippen molar-refractivity contribution >= 4 is 33.2 Å². The van der Waals surface area contributed by atoms with Crippen LogP contribution in [-0.4, -0.2) is 10.2 Å². The molecule has 4 heteroatoms. The van der Waals surface area contributed by atoms with Gasteiger partial charge in [-0.15, -0.1) is 11.3 Å². The van der Waals surface area contributed by atoms with Crippen LogP contribution in [0.2, 0.25) is 0 Å². The van der Waals surface area contributed by atoms with Crippen molar-refractivity contribution in [3.63, 3.8) is 0 Å². The summed E-state index contributed by atoms with van der Waals surface area (Å²) in [6.45, 7) is 3.78. The molecule has 1 N–H and O–H groups in total. The van der Waals surface area contributed by atoms with Crippen LogP contribution in [0.1, 0.15) is 50.4 Å². The van der Waals surface area contributed by atoms with Crippen LogP contribution in [0, 0.1) is 5.92 Å². The van der Waals surface area contributed by atoms with E-state index in [0.717, 1.165) is 0 Å². The molecular weight excluding hydrogens is 310 g/mol. The van der Waals surface area contributed by atoms with Crippen LogP contribution >= 0.6 is 27.3 Å². The highest BCUT2D eigenvalue weighted by atomic mass is 79.9. The molecule has 0 spiro atoms. The van der Waals surface area contributed by atoms with Crippen molar-refractivity contribution in [2.45, 2.75) is 49.9 Å². The van der Waals surface area contributed by atoms with Crippen LogP contribution in [0.25, 0.3) is 0 Å². The summed E-state index contributed by atoms with van der Waals surface area (Å²) in [6, 6.07) is 4.39. The summed E-state index contributed by atoms with van der Waals surface area (Å²) in [7, 11) is 0. The molecule has 1 aromatic heterocycles. The molecule has 1 fully saturated rings. The van der Waals surface area contributed by atoms with Gasteiger partial charge in [0.2, 0.25) is 5.91 Å². The largest absolute Gasteiger partial charge is 0.347 e. The number of thiophene rings is 1. The molecule has 1 heterocycles. The van der Waals surface area contributed by atoms with Gasteiger partial charge in [-0.1, -0.05) is 34.8 Å². The molecule has 0 bridgehead atoms. The van der Waals surface area contributed by atoms with E-state index >= 15 is 0 Å². The first-order chi connectivity index (χ1) is 8.48. The maximum absolute atomic E-state index is 12.2. The third kappa shape index (κ3) is 3.35. The van der Waals surface area contributed by atoms with E-state index < -0.39 is 4.32 Å². The fraction of sp³-hybridized carbons (Fsp3) is 0.643. The summed E-state index contributed by atoms with van der Waals surface area (Å²) < 4.78 is -0.499. The Labute approximate surface area is 121 Å². The predicted octanol–water partition coefficient (Wildman–Crippen LogP) is 4.27. The number of amides is 1. The van der Waals surface area contributed by atoms with Crippen molar-refractivity contribution in [2.24, 2.45) is 5.92 Å². The molecule has 1 aromatic rings. The SMILES string of the molecule is CC(C)(Br)C(=O)NC(c1cccs1)C1CCCC1. The molecule has 0 aromatic carbocycles. The first-order valence-electron chi connectivity index (χ1n) is 6.52. The number of carbonyl (C=O) groups is 1. The van der Waals surface area contributed by atoms with E-state index in [0.29, 0.717) is 5.92 Å². The monoisotopic (exact) mass is 329 g/mol. The van der Waals surface area contributed by atoms with Gasteiger partial charge < -0.3 is 5.32 Å².